The molecule has 0 heterocycles. The van der Waals surface area contributed by atoms with Gasteiger partial charge in [0.1, 0.15) is 17.5 Å². The fraction of sp³-hybridized carbons (Fsp3) is 0.125. The number of carbonyl (C=O) groups excluding carboxylic acids is 2. The van der Waals surface area contributed by atoms with Crippen molar-refractivity contribution in [3.05, 3.63) is 59.9 Å². The highest BCUT2D eigenvalue weighted by molar-refractivity contribution is 8.00. The lowest BCUT2D eigenvalue weighted by Gasteiger charge is -2.07. The second-order valence-electron chi connectivity index (χ2n) is 4.55. The molecule has 0 fully saturated rings. The van der Waals surface area contributed by atoms with Crippen LogP contribution in [0.5, 0.6) is 0 Å². The number of amides is 1. The van der Waals surface area contributed by atoms with Gasteiger partial charge in [-0.3, -0.25) is 9.59 Å². The van der Waals surface area contributed by atoms with Crippen molar-refractivity contribution in [2.45, 2.75) is 4.90 Å². The summed E-state index contributed by atoms with van der Waals surface area (Å²) in [6, 6.07) is 8.58. The van der Waals surface area contributed by atoms with Gasteiger partial charge in [-0.2, -0.15) is 0 Å². The summed E-state index contributed by atoms with van der Waals surface area (Å²) in [7, 11) is 0. The molecule has 2 rings (SSSR count). The highest BCUT2D eigenvalue weighted by atomic mass is 32.2. The van der Waals surface area contributed by atoms with Crippen LogP contribution in [0.25, 0.3) is 0 Å². The van der Waals surface area contributed by atoms with Gasteiger partial charge in [0, 0.05) is 11.0 Å². The van der Waals surface area contributed by atoms with E-state index in [0.29, 0.717) is 6.07 Å². The van der Waals surface area contributed by atoms with Crippen LogP contribution in [0.1, 0.15) is 0 Å². The third kappa shape index (κ3) is 5.31. The first kappa shape index (κ1) is 17.9. The van der Waals surface area contributed by atoms with Crippen LogP contribution < -0.4 is 5.32 Å². The van der Waals surface area contributed by atoms with Gasteiger partial charge in [-0.1, -0.05) is 12.1 Å². The number of hydrogen-bond acceptors (Lipinski definition) is 4. The molecular formula is C16H12F3NO3S. The highest BCUT2D eigenvalue weighted by Gasteiger charge is 2.12. The third-order valence-electron chi connectivity index (χ3n) is 2.75. The van der Waals surface area contributed by atoms with E-state index in [1.54, 1.807) is 6.07 Å². The standard InChI is InChI=1S/C16H12F3NO3S/c17-10-5-6-13(12(19)7-10)20-15(21)8-23-16(22)9-24-14-4-2-1-3-11(14)18/h1-7H,8-9H2,(H,20,21). The van der Waals surface area contributed by atoms with Crippen LogP contribution in [0.4, 0.5) is 18.9 Å². The van der Waals surface area contributed by atoms with Gasteiger partial charge in [0.25, 0.3) is 5.91 Å². The number of carbonyl (C=O) groups is 2. The van der Waals surface area contributed by atoms with Crippen LogP contribution >= 0.6 is 11.8 Å². The predicted octanol–water partition coefficient (Wildman–Crippen LogP) is 3.38. The molecule has 0 aliphatic heterocycles. The first-order valence-electron chi connectivity index (χ1n) is 6.73. The van der Waals surface area contributed by atoms with Gasteiger partial charge < -0.3 is 10.1 Å². The fourth-order valence-electron chi connectivity index (χ4n) is 1.66. The van der Waals surface area contributed by atoms with Gasteiger partial charge >= 0.3 is 5.97 Å². The summed E-state index contributed by atoms with van der Waals surface area (Å²) in [6.45, 7) is -0.631. The van der Waals surface area contributed by atoms with E-state index < -0.39 is 35.9 Å². The van der Waals surface area contributed by atoms with E-state index in [0.717, 1.165) is 23.9 Å². The second kappa shape index (κ2) is 8.39. The van der Waals surface area contributed by atoms with Crippen LogP contribution in [-0.2, 0) is 14.3 Å². The van der Waals surface area contributed by atoms with Crippen LogP contribution in [0.15, 0.2) is 47.4 Å². The Morgan fingerprint density at radius 1 is 1.04 bits per heavy atom. The lowest BCUT2D eigenvalue weighted by molar-refractivity contribution is -0.144. The second-order valence-corrected chi connectivity index (χ2v) is 5.57. The van der Waals surface area contributed by atoms with Crippen molar-refractivity contribution < 1.29 is 27.5 Å². The molecule has 0 atom stereocenters. The van der Waals surface area contributed by atoms with Crippen molar-refractivity contribution in [3.8, 4) is 0 Å². The molecule has 0 radical (unpaired) electrons. The molecule has 0 bridgehead atoms. The van der Waals surface area contributed by atoms with E-state index in [1.165, 1.54) is 18.2 Å². The SMILES string of the molecule is O=C(COC(=O)CSc1ccccc1F)Nc1ccc(F)cc1F. The van der Waals surface area contributed by atoms with E-state index in [9.17, 15) is 22.8 Å². The summed E-state index contributed by atoms with van der Waals surface area (Å²) < 4.78 is 44.2. The van der Waals surface area contributed by atoms with Gasteiger partial charge in [-0.15, -0.1) is 11.8 Å². The Morgan fingerprint density at radius 2 is 1.79 bits per heavy atom. The lowest BCUT2D eigenvalue weighted by Crippen LogP contribution is -2.22. The lowest BCUT2D eigenvalue weighted by atomic mass is 10.3. The molecule has 0 aromatic heterocycles. The maximum Gasteiger partial charge on any atom is 0.316 e. The summed E-state index contributed by atoms with van der Waals surface area (Å²) in [6.07, 6.45) is 0. The topological polar surface area (TPSA) is 55.4 Å². The largest absolute Gasteiger partial charge is 0.455 e. The van der Waals surface area contributed by atoms with Crippen molar-refractivity contribution in [3.63, 3.8) is 0 Å². The van der Waals surface area contributed by atoms with Crippen LogP contribution in [0, 0.1) is 17.5 Å². The molecular weight excluding hydrogens is 343 g/mol. The molecule has 0 aliphatic rings. The average molecular weight is 355 g/mol. The summed E-state index contributed by atoms with van der Waals surface area (Å²) in [5.74, 6) is -3.85. The van der Waals surface area contributed by atoms with Gasteiger partial charge in [-0.05, 0) is 24.3 Å². The van der Waals surface area contributed by atoms with Crippen molar-refractivity contribution in [2.75, 3.05) is 17.7 Å². The molecule has 0 aliphatic carbocycles. The zero-order chi connectivity index (χ0) is 17.5. The molecule has 0 saturated carbocycles. The van der Waals surface area contributed by atoms with Gasteiger partial charge in [0.2, 0.25) is 0 Å². The predicted molar refractivity (Wildman–Crippen MR) is 83.1 cm³/mol. The molecule has 4 nitrogen and oxygen atoms in total. The Bertz CT molecular complexity index is 755. The minimum absolute atomic E-state index is 0.181. The summed E-state index contributed by atoms with van der Waals surface area (Å²) in [5.41, 5.74) is -0.224. The molecule has 1 amide bonds. The molecule has 24 heavy (non-hydrogen) atoms. The highest BCUT2D eigenvalue weighted by Crippen LogP contribution is 2.21. The fourth-order valence-corrected chi connectivity index (χ4v) is 2.40. The number of thioether (sulfide) groups is 1. The molecule has 126 valence electrons. The summed E-state index contributed by atoms with van der Waals surface area (Å²) in [4.78, 5) is 23.4. The minimum Gasteiger partial charge on any atom is -0.455 e. The van der Waals surface area contributed by atoms with Crippen LogP contribution in [0.3, 0.4) is 0 Å². The maximum atomic E-state index is 13.4. The van der Waals surface area contributed by atoms with Crippen molar-refractivity contribution >= 4 is 29.3 Å². The third-order valence-corrected chi connectivity index (χ3v) is 3.77. The minimum atomic E-state index is -0.940. The van der Waals surface area contributed by atoms with Crippen molar-refractivity contribution in [1.82, 2.24) is 0 Å². The van der Waals surface area contributed by atoms with E-state index in [4.69, 9.17) is 4.74 Å². The normalized spacial score (nSPS) is 10.3. The molecule has 1 N–H and O–H groups in total. The molecule has 2 aromatic carbocycles. The first-order chi connectivity index (χ1) is 11.5. The zero-order valence-electron chi connectivity index (χ0n) is 12.2. The number of esters is 1. The Kier molecular flexibility index (Phi) is 6.25. The van der Waals surface area contributed by atoms with E-state index in [-0.39, 0.29) is 16.3 Å². The quantitative estimate of drug-likeness (QED) is 0.638. The summed E-state index contributed by atoms with van der Waals surface area (Å²) in [5, 5.41) is 2.15. The van der Waals surface area contributed by atoms with Crippen LogP contribution in [0.2, 0.25) is 0 Å². The number of anilines is 1. The number of benzene rings is 2. The average Bonchev–Trinajstić information content (AvgIpc) is 2.55. The molecule has 8 heteroatoms. The number of ether oxygens (including phenoxy) is 1. The van der Waals surface area contributed by atoms with Crippen LogP contribution in [-0.4, -0.2) is 24.2 Å². The number of halogens is 3. The molecule has 0 saturated heterocycles. The molecule has 2 aromatic rings. The van der Waals surface area contributed by atoms with E-state index in [1.807, 2.05) is 0 Å². The van der Waals surface area contributed by atoms with E-state index >= 15 is 0 Å². The number of hydrogen-bond donors (Lipinski definition) is 1. The van der Waals surface area contributed by atoms with Crippen molar-refractivity contribution in [2.24, 2.45) is 0 Å². The Balaban J connectivity index is 1.77. The monoisotopic (exact) mass is 355 g/mol. The van der Waals surface area contributed by atoms with Gasteiger partial charge in [0.05, 0.1) is 11.4 Å². The zero-order valence-corrected chi connectivity index (χ0v) is 13.0. The van der Waals surface area contributed by atoms with Crippen molar-refractivity contribution in [1.29, 1.82) is 0 Å². The smallest absolute Gasteiger partial charge is 0.316 e. The Morgan fingerprint density at radius 3 is 2.50 bits per heavy atom. The van der Waals surface area contributed by atoms with E-state index in [2.05, 4.69) is 5.32 Å². The number of rotatable bonds is 6. The summed E-state index contributed by atoms with van der Waals surface area (Å²) >= 11 is 0.932. The Hall–Kier alpha value is -2.48. The number of nitrogens with one attached hydrogen (secondary N) is 1. The molecule has 0 spiro atoms. The Labute approximate surface area is 140 Å². The van der Waals surface area contributed by atoms with Gasteiger partial charge in [0.15, 0.2) is 6.61 Å². The maximum absolute atomic E-state index is 13.4. The van der Waals surface area contributed by atoms with Gasteiger partial charge in [-0.25, -0.2) is 13.2 Å². The molecule has 0 unspecified atom stereocenters. The first-order valence-corrected chi connectivity index (χ1v) is 7.72.